The maximum Gasteiger partial charge on any atom is 0.161 e. The molecule has 2 heterocycles. The molecule has 3 rings (SSSR count). The highest BCUT2D eigenvalue weighted by Crippen LogP contribution is 2.34. The summed E-state index contributed by atoms with van der Waals surface area (Å²) in [5.41, 5.74) is 3.10. The molecular weight excluding hydrogens is 272 g/mol. The number of ether oxygens (including phenoxy) is 2. The maximum absolute atomic E-state index is 5.73. The molecule has 5 heteroatoms. The van der Waals surface area contributed by atoms with Gasteiger partial charge in [0.05, 0.1) is 25.2 Å². The minimum absolute atomic E-state index is 0.647. The van der Waals surface area contributed by atoms with Crippen LogP contribution in [0.1, 0.15) is 18.9 Å². The average molecular weight is 288 g/mol. The predicted octanol–water partition coefficient (Wildman–Crippen LogP) is 3.53. The van der Waals surface area contributed by atoms with E-state index in [1.54, 1.807) is 6.33 Å². The molecule has 1 aromatic heterocycles. The molecule has 0 fully saturated rings. The number of hydrogen-bond donors (Lipinski definition) is 1. The molecule has 0 radical (unpaired) electrons. The van der Waals surface area contributed by atoms with Gasteiger partial charge in [0, 0.05) is 17.5 Å². The fraction of sp³-hybridized carbons (Fsp3) is 0.333. The molecule has 4 nitrogen and oxygen atoms in total. The number of H-pyrrole nitrogens is 1. The summed E-state index contributed by atoms with van der Waals surface area (Å²) in [6, 6.07) is 5.97. The van der Waals surface area contributed by atoms with Gasteiger partial charge in [-0.3, -0.25) is 0 Å². The van der Waals surface area contributed by atoms with E-state index in [-0.39, 0.29) is 0 Å². The number of benzene rings is 1. The van der Waals surface area contributed by atoms with Crippen LogP contribution in [0.2, 0.25) is 0 Å². The van der Waals surface area contributed by atoms with E-state index in [9.17, 15) is 0 Å². The third-order valence-corrected chi connectivity index (χ3v) is 3.69. The molecule has 0 bridgehead atoms. The number of hydrogen-bond acceptors (Lipinski definition) is 4. The van der Waals surface area contributed by atoms with Gasteiger partial charge in [0.25, 0.3) is 0 Å². The Balaban J connectivity index is 2.09. The Morgan fingerprint density at radius 2 is 2.05 bits per heavy atom. The average Bonchev–Trinajstić information content (AvgIpc) is 2.71. The minimum Gasteiger partial charge on any atom is -0.490 e. The molecule has 1 aliphatic rings. The number of fused-ring (bicyclic) bond motifs is 1. The SMILES string of the molecule is CCc1c(-c2ccc3c(c2)OCCCO3)[nH]cnc1=S. The third kappa shape index (κ3) is 2.41. The molecule has 0 spiro atoms. The van der Waals surface area contributed by atoms with Crippen molar-refractivity contribution in [2.24, 2.45) is 0 Å². The molecular formula is C15H16N2O2S. The lowest BCUT2D eigenvalue weighted by Gasteiger charge is -2.11. The summed E-state index contributed by atoms with van der Waals surface area (Å²) in [5, 5.41) is 0. The first-order valence-corrected chi connectivity index (χ1v) is 7.17. The van der Waals surface area contributed by atoms with Crippen LogP contribution in [0.4, 0.5) is 0 Å². The quantitative estimate of drug-likeness (QED) is 0.859. The Bertz CT molecular complexity index is 682. The van der Waals surface area contributed by atoms with E-state index in [4.69, 9.17) is 21.7 Å². The number of aromatic nitrogens is 2. The molecule has 0 atom stereocenters. The van der Waals surface area contributed by atoms with Crippen molar-refractivity contribution in [2.75, 3.05) is 13.2 Å². The van der Waals surface area contributed by atoms with Crippen LogP contribution in [-0.2, 0) is 6.42 Å². The van der Waals surface area contributed by atoms with Crippen molar-refractivity contribution in [3.05, 3.63) is 34.7 Å². The Morgan fingerprint density at radius 3 is 2.85 bits per heavy atom. The van der Waals surface area contributed by atoms with Gasteiger partial charge in [0.2, 0.25) is 0 Å². The van der Waals surface area contributed by atoms with Gasteiger partial charge in [-0.1, -0.05) is 19.1 Å². The molecule has 0 saturated carbocycles. The normalized spacial score (nSPS) is 13.8. The molecule has 1 N–H and O–H groups in total. The van der Waals surface area contributed by atoms with Crippen molar-refractivity contribution in [3.63, 3.8) is 0 Å². The zero-order valence-corrected chi connectivity index (χ0v) is 12.1. The van der Waals surface area contributed by atoms with Crippen LogP contribution in [0, 0.1) is 4.64 Å². The summed E-state index contributed by atoms with van der Waals surface area (Å²) in [4.78, 5) is 7.34. The Morgan fingerprint density at radius 1 is 1.25 bits per heavy atom. The number of nitrogens with one attached hydrogen (secondary N) is 1. The number of rotatable bonds is 2. The van der Waals surface area contributed by atoms with Gasteiger partial charge < -0.3 is 14.5 Å². The fourth-order valence-corrected chi connectivity index (χ4v) is 2.63. The van der Waals surface area contributed by atoms with Gasteiger partial charge >= 0.3 is 0 Å². The molecule has 0 aliphatic carbocycles. The van der Waals surface area contributed by atoms with Gasteiger partial charge in [-0.25, -0.2) is 4.98 Å². The van der Waals surface area contributed by atoms with E-state index in [0.29, 0.717) is 17.9 Å². The van der Waals surface area contributed by atoms with Gasteiger partial charge in [0.15, 0.2) is 11.5 Å². The molecule has 1 aliphatic heterocycles. The number of nitrogens with zero attached hydrogens (tertiary/aromatic N) is 1. The van der Waals surface area contributed by atoms with Crippen molar-refractivity contribution in [1.29, 1.82) is 0 Å². The highest BCUT2D eigenvalue weighted by molar-refractivity contribution is 7.71. The molecule has 104 valence electrons. The highest BCUT2D eigenvalue weighted by atomic mass is 32.1. The first-order chi connectivity index (χ1) is 9.79. The first-order valence-electron chi connectivity index (χ1n) is 6.76. The van der Waals surface area contributed by atoms with Gasteiger partial charge in [-0.15, -0.1) is 0 Å². The van der Waals surface area contributed by atoms with Crippen LogP contribution in [0.3, 0.4) is 0 Å². The van der Waals surface area contributed by atoms with E-state index in [0.717, 1.165) is 41.2 Å². The minimum atomic E-state index is 0.647. The maximum atomic E-state index is 5.73. The van der Waals surface area contributed by atoms with Crippen molar-refractivity contribution >= 4 is 12.2 Å². The second-order valence-electron chi connectivity index (χ2n) is 4.63. The van der Waals surface area contributed by atoms with E-state index in [1.807, 2.05) is 18.2 Å². The molecule has 2 aromatic rings. The second-order valence-corrected chi connectivity index (χ2v) is 5.01. The lowest BCUT2D eigenvalue weighted by atomic mass is 10.1. The largest absolute Gasteiger partial charge is 0.490 e. The van der Waals surface area contributed by atoms with Crippen molar-refractivity contribution in [3.8, 4) is 22.8 Å². The Hall–Kier alpha value is -1.88. The first kappa shape index (κ1) is 13.1. The topological polar surface area (TPSA) is 47.1 Å². The van der Waals surface area contributed by atoms with Crippen LogP contribution in [-0.4, -0.2) is 23.2 Å². The van der Waals surface area contributed by atoms with Crippen LogP contribution >= 0.6 is 12.2 Å². The van der Waals surface area contributed by atoms with Gasteiger partial charge in [-0.2, -0.15) is 0 Å². The molecule has 1 aromatic carbocycles. The Labute approximate surface area is 122 Å². The Kier molecular flexibility index (Phi) is 3.69. The monoisotopic (exact) mass is 288 g/mol. The van der Waals surface area contributed by atoms with Crippen LogP contribution in [0.5, 0.6) is 11.5 Å². The molecule has 0 unspecified atom stereocenters. The molecule has 0 amide bonds. The molecule has 0 saturated heterocycles. The summed E-state index contributed by atoms with van der Waals surface area (Å²) >= 11 is 5.29. The fourth-order valence-electron chi connectivity index (χ4n) is 2.33. The van der Waals surface area contributed by atoms with Gasteiger partial charge in [-0.05, 0) is 24.6 Å². The van der Waals surface area contributed by atoms with E-state index in [1.165, 1.54) is 0 Å². The summed E-state index contributed by atoms with van der Waals surface area (Å²) in [6.45, 7) is 3.46. The third-order valence-electron chi connectivity index (χ3n) is 3.34. The van der Waals surface area contributed by atoms with E-state index < -0.39 is 0 Å². The van der Waals surface area contributed by atoms with E-state index in [2.05, 4.69) is 16.9 Å². The van der Waals surface area contributed by atoms with Crippen molar-refractivity contribution < 1.29 is 9.47 Å². The van der Waals surface area contributed by atoms with Crippen molar-refractivity contribution in [1.82, 2.24) is 9.97 Å². The standard InChI is InChI=1S/C15H16N2O2S/c1-2-11-14(16-9-17-15(11)20)10-4-5-12-13(8-10)19-7-3-6-18-12/h4-5,8-9H,2-3,6-7H2,1H3,(H,16,17,20). The lowest BCUT2D eigenvalue weighted by molar-refractivity contribution is 0.297. The van der Waals surface area contributed by atoms with Crippen LogP contribution in [0.25, 0.3) is 11.3 Å². The van der Waals surface area contributed by atoms with Crippen molar-refractivity contribution in [2.45, 2.75) is 19.8 Å². The second kappa shape index (κ2) is 5.63. The summed E-state index contributed by atoms with van der Waals surface area (Å²) in [5.74, 6) is 1.59. The summed E-state index contributed by atoms with van der Waals surface area (Å²) < 4.78 is 12.0. The van der Waals surface area contributed by atoms with Crippen LogP contribution < -0.4 is 9.47 Å². The van der Waals surface area contributed by atoms with Gasteiger partial charge in [0.1, 0.15) is 4.64 Å². The van der Waals surface area contributed by atoms with Crippen LogP contribution in [0.15, 0.2) is 24.5 Å². The zero-order valence-electron chi connectivity index (χ0n) is 11.3. The molecule has 20 heavy (non-hydrogen) atoms. The smallest absolute Gasteiger partial charge is 0.161 e. The van der Waals surface area contributed by atoms with E-state index >= 15 is 0 Å². The summed E-state index contributed by atoms with van der Waals surface area (Å²) in [7, 11) is 0. The predicted molar refractivity (Wildman–Crippen MR) is 79.8 cm³/mol. The number of aromatic amines is 1. The highest BCUT2D eigenvalue weighted by Gasteiger charge is 2.13. The lowest BCUT2D eigenvalue weighted by Crippen LogP contribution is -1.97. The zero-order chi connectivity index (χ0) is 13.9. The summed E-state index contributed by atoms with van der Waals surface area (Å²) in [6.07, 6.45) is 3.38.